The van der Waals surface area contributed by atoms with Crippen molar-refractivity contribution in [2.24, 2.45) is 59.2 Å². The zero-order valence-electron chi connectivity index (χ0n) is 32.1. The quantitative estimate of drug-likeness (QED) is 0.170. The van der Waals surface area contributed by atoms with Crippen LogP contribution in [0.25, 0.3) is 0 Å². The van der Waals surface area contributed by atoms with Gasteiger partial charge < -0.3 is 0 Å². The molecule has 10 unspecified atom stereocenters. The molecule has 0 spiro atoms. The lowest BCUT2D eigenvalue weighted by Gasteiger charge is -2.31. The van der Waals surface area contributed by atoms with E-state index in [4.69, 9.17) is 47.7 Å². The topological polar surface area (TPSA) is 235 Å². The molecule has 5 aliphatic rings. The van der Waals surface area contributed by atoms with Gasteiger partial charge in [0.05, 0.1) is 6.26 Å². The van der Waals surface area contributed by atoms with Gasteiger partial charge in [0.25, 0.3) is 10.1 Å². The molecule has 316 valence electrons. The first kappa shape index (κ1) is 51.1. The summed E-state index contributed by atoms with van der Waals surface area (Å²) in [5, 5.41) is 0. The monoisotopic (exact) mass is 874 g/mol. The molecule has 18 heteroatoms. The van der Waals surface area contributed by atoms with Crippen molar-refractivity contribution in [3.05, 3.63) is 71.8 Å². The zero-order chi connectivity index (χ0) is 42.1. The maximum Gasteiger partial charge on any atom is 0.425 e. The van der Waals surface area contributed by atoms with Gasteiger partial charge in [0.15, 0.2) is 0 Å². The average molecular weight is 876 g/mol. The molecule has 7 rings (SSSR count). The van der Waals surface area contributed by atoms with E-state index in [1.807, 2.05) is 0 Å². The molecular formula is C37H59ClO13S4. The highest BCUT2D eigenvalue weighted by Crippen LogP contribution is 2.56. The number of hydrogen-bond donors (Lipinski definition) is 4. The van der Waals surface area contributed by atoms with Crippen molar-refractivity contribution in [3.8, 4) is 0 Å². The maximum atomic E-state index is 9.19. The van der Waals surface area contributed by atoms with Gasteiger partial charge in [-0.1, -0.05) is 114 Å². The van der Waals surface area contributed by atoms with Crippen LogP contribution in [0.4, 0.5) is 0 Å². The van der Waals surface area contributed by atoms with E-state index in [0.29, 0.717) is 6.26 Å². The number of hydrogen-bond acceptors (Lipinski definition) is 9. The van der Waals surface area contributed by atoms with Crippen LogP contribution in [0.5, 0.6) is 0 Å². The van der Waals surface area contributed by atoms with Gasteiger partial charge >= 0.3 is 30.3 Å². The van der Waals surface area contributed by atoms with E-state index < -0.39 is 40.5 Å². The summed E-state index contributed by atoms with van der Waals surface area (Å²) in [6.45, 7) is 9.89. The van der Waals surface area contributed by atoms with E-state index in [2.05, 4.69) is 99.0 Å². The van der Waals surface area contributed by atoms with E-state index in [9.17, 15) is 8.42 Å². The minimum absolute atomic E-state index is 0.715. The summed E-state index contributed by atoms with van der Waals surface area (Å²) >= 11 is 0. The summed E-state index contributed by atoms with van der Waals surface area (Å²) in [7, 11) is -11.6. The predicted molar refractivity (Wildman–Crippen MR) is 214 cm³/mol. The first-order chi connectivity index (χ1) is 25.2. The lowest BCUT2D eigenvalue weighted by Crippen LogP contribution is -2.25. The van der Waals surface area contributed by atoms with E-state index in [1.54, 1.807) is 11.1 Å². The first-order valence-corrected chi connectivity index (χ1v) is 24.9. The van der Waals surface area contributed by atoms with Gasteiger partial charge in [0.1, 0.15) is 0 Å². The SMILES string of the molecule is C1CCC1.CC1C2CC(Cc3ccccc3)C(C2)C1C.CC1C2CC(Cc3ccccc3)C(C2)C1C.CS(=O)(=O)O.O=S(=O)(O)Cl.O=S(=O)(O)O.O=S(=O)=O. The summed E-state index contributed by atoms with van der Waals surface area (Å²) in [6.07, 6.45) is 15.4. The molecule has 4 N–H and O–H groups in total. The van der Waals surface area contributed by atoms with Gasteiger partial charge in [-0.2, -0.15) is 25.3 Å². The summed E-state index contributed by atoms with van der Waals surface area (Å²) in [4.78, 5) is 0. The highest BCUT2D eigenvalue weighted by Gasteiger charge is 2.49. The summed E-state index contributed by atoms with van der Waals surface area (Å²) in [5.41, 5.74) is 3.08. The van der Waals surface area contributed by atoms with E-state index >= 15 is 0 Å². The Balaban J connectivity index is 0.000000358. The molecule has 5 saturated carbocycles. The smallest absolute Gasteiger partial charge is 0.286 e. The van der Waals surface area contributed by atoms with Crippen molar-refractivity contribution in [1.29, 1.82) is 0 Å². The lowest BCUT2D eigenvalue weighted by molar-refractivity contribution is 0.189. The van der Waals surface area contributed by atoms with Crippen molar-refractivity contribution in [2.75, 3.05) is 6.26 Å². The molecule has 0 radical (unpaired) electrons. The third kappa shape index (κ3) is 23.8. The van der Waals surface area contributed by atoms with Crippen LogP contribution >= 0.6 is 10.7 Å². The molecule has 5 aliphatic carbocycles. The molecular weight excluding hydrogens is 816 g/mol. The molecule has 2 aromatic rings. The Bertz CT molecular complexity index is 1660. The van der Waals surface area contributed by atoms with Gasteiger partial charge in [-0.3, -0.25) is 18.2 Å². The Kier molecular flexibility index (Phi) is 22.4. The fraction of sp³-hybridized carbons (Fsp3) is 0.676. The normalized spacial score (nSPS) is 29.5. The van der Waals surface area contributed by atoms with Crippen LogP contribution in [0.15, 0.2) is 60.7 Å². The molecule has 10 atom stereocenters. The van der Waals surface area contributed by atoms with E-state index in [1.165, 1.54) is 64.2 Å². The van der Waals surface area contributed by atoms with E-state index in [-0.39, 0.29) is 0 Å². The molecule has 0 amide bonds. The molecule has 4 bridgehead atoms. The fourth-order valence-electron chi connectivity index (χ4n) is 8.74. The van der Waals surface area contributed by atoms with Crippen LogP contribution in [0.3, 0.4) is 0 Å². The highest BCUT2D eigenvalue weighted by molar-refractivity contribution is 8.09. The first-order valence-electron chi connectivity index (χ1n) is 18.4. The minimum Gasteiger partial charge on any atom is -0.286 e. The fourth-order valence-corrected chi connectivity index (χ4v) is 8.74. The number of halogens is 1. The number of benzene rings is 2. The molecule has 2 aromatic carbocycles. The summed E-state index contributed by atoms with van der Waals surface area (Å²) < 4.78 is 108. The Hall–Kier alpha value is -1.96. The predicted octanol–water partition coefficient (Wildman–Crippen LogP) is 7.75. The minimum atomic E-state index is -4.67. The molecule has 0 aliphatic heterocycles. The number of rotatable bonds is 4. The zero-order valence-corrected chi connectivity index (χ0v) is 36.1. The molecule has 5 fully saturated rings. The van der Waals surface area contributed by atoms with Crippen molar-refractivity contribution >= 4 is 51.1 Å². The third-order valence-corrected chi connectivity index (χ3v) is 11.7. The number of fused-ring (bicyclic) bond motifs is 4. The van der Waals surface area contributed by atoms with Crippen LogP contribution in [-0.4, -0.2) is 62.3 Å². The maximum absolute atomic E-state index is 9.19. The van der Waals surface area contributed by atoms with Gasteiger partial charge in [-0.15, -0.1) is 12.6 Å². The van der Waals surface area contributed by atoms with Gasteiger partial charge in [-0.05, 0) is 109 Å². The van der Waals surface area contributed by atoms with Crippen LogP contribution < -0.4 is 0 Å². The van der Waals surface area contributed by atoms with Crippen LogP contribution in [0, 0.1) is 59.2 Å². The molecule has 13 nitrogen and oxygen atoms in total. The third-order valence-electron chi connectivity index (χ3n) is 11.7. The average Bonchev–Trinajstić information content (AvgIpc) is 3.74. The standard InChI is InChI=1S/2C16H22.C4H8.CH4O3S.ClHO3S.H2O4S.O3S/c2*1-11-12(2)16-10-14(11)9-15(16)8-13-6-4-3-5-7-13;1-2-4-3-1;3*1-5(2,3)4;1-4(2)3/h2*3-7,11-12,14-16H,8-10H2,1-2H3;1-4H2;1H3,(H,2,3,4);(H,2,3,4);(H2,1,2,3,4);. The van der Waals surface area contributed by atoms with Gasteiger partial charge in [0, 0.05) is 10.7 Å². The van der Waals surface area contributed by atoms with Crippen molar-refractivity contribution in [1.82, 2.24) is 0 Å². The molecule has 0 saturated heterocycles. The van der Waals surface area contributed by atoms with Crippen LogP contribution in [-0.2, 0) is 53.3 Å². The summed E-state index contributed by atoms with van der Waals surface area (Å²) in [6, 6.07) is 22.1. The Morgan fingerprint density at radius 2 is 0.800 bits per heavy atom. The Labute approximate surface area is 334 Å². The summed E-state index contributed by atoms with van der Waals surface area (Å²) in [5.74, 6) is 9.94. The highest BCUT2D eigenvalue weighted by atomic mass is 35.7. The second-order valence-corrected chi connectivity index (χ2v) is 20.1. The van der Waals surface area contributed by atoms with Crippen molar-refractivity contribution in [3.63, 3.8) is 0 Å². The van der Waals surface area contributed by atoms with Gasteiger partial charge in [0.2, 0.25) is 0 Å². The largest absolute Gasteiger partial charge is 0.425 e. The Morgan fingerprint density at radius 1 is 0.564 bits per heavy atom. The van der Waals surface area contributed by atoms with E-state index in [0.717, 1.165) is 59.2 Å². The van der Waals surface area contributed by atoms with Crippen LogP contribution in [0.2, 0.25) is 0 Å². The van der Waals surface area contributed by atoms with Crippen molar-refractivity contribution < 1.29 is 56.1 Å². The molecule has 55 heavy (non-hydrogen) atoms. The van der Waals surface area contributed by atoms with Crippen molar-refractivity contribution in [2.45, 2.75) is 91.9 Å². The second kappa shape index (κ2) is 24.1. The van der Waals surface area contributed by atoms with Crippen LogP contribution in [0.1, 0.15) is 90.2 Å². The molecule has 0 aromatic heterocycles. The Morgan fingerprint density at radius 3 is 0.982 bits per heavy atom. The second-order valence-electron chi connectivity index (χ2n) is 15.3. The lowest BCUT2D eigenvalue weighted by atomic mass is 9.74. The van der Waals surface area contributed by atoms with Gasteiger partial charge in [-0.25, -0.2) is 0 Å². The molecule has 0 heterocycles.